The van der Waals surface area contributed by atoms with Gasteiger partial charge in [0.1, 0.15) is 0 Å². The van der Waals surface area contributed by atoms with Crippen LogP contribution in [0.3, 0.4) is 0 Å². The summed E-state index contributed by atoms with van der Waals surface area (Å²) < 4.78 is 0. The predicted octanol–water partition coefficient (Wildman–Crippen LogP) is 4.66. The van der Waals surface area contributed by atoms with Gasteiger partial charge in [-0.2, -0.15) is 0 Å². The van der Waals surface area contributed by atoms with E-state index < -0.39 is 0 Å². The van der Waals surface area contributed by atoms with Crippen LogP contribution < -0.4 is 5.32 Å². The first-order valence-electron chi connectivity index (χ1n) is 9.23. The molecule has 0 radical (unpaired) electrons. The third-order valence-corrected chi connectivity index (χ3v) is 4.45. The zero-order valence-corrected chi connectivity index (χ0v) is 15.9. The van der Waals surface area contributed by atoms with Crippen LogP contribution >= 0.6 is 0 Å². The second-order valence-electron chi connectivity index (χ2n) is 6.61. The van der Waals surface area contributed by atoms with Gasteiger partial charge in [0.2, 0.25) is 0 Å². The lowest BCUT2D eigenvalue weighted by Crippen LogP contribution is -2.30. The Labute approximate surface area is 160 Å². The molecule has 0 spiro atoms. The zero-order chi connectivity index (χ0) is 19.1. The van der Waals surface area contributed by atoms with Gasteiger partial charge >= 0.3 is 0 Å². The third-order valence-electron chi connectivity index (χ3n) is 4.45. The summed E-state index contributed by atoms with van der Waals surface area (Å²) >= 11 is 0. The summed E-state index contributed by atoms with van der Waals surface area (Å²) in [6, 6.07) is 20.3. The molecule has 3 rings (SSSR count). The van der Waals surface area contributed by atoms with Crippen LogP contribution in [0, 0.1) is 6.92 Å². The van der Waals surface area contributed by atoms with Crippen molar-refractivity contribution in [2.24, 2.45) is 0 Å². The van der Waals surface area contributed by atoms with Gasteiger partial charge in [-0.25, -0.2) is 0 Å². The van der Waals surface area contributed by atoms with Crippen LogP contribution in [0.15, 0.2) is 73.1 Å². The fourth-order valence-electron chi connectivity index (χ4n) is 2.99. The summed E-state index contributed by atoms with van der Waals surface area (Å²) in [4.78, 5) is 19.0. The van der Waals surface area contributed by atoms with Crippen LogP contribution in [0.5, 0.6) is 0 Å². The summed E-state index contributed by atoms with van der Waals surface area (Å²) in [6.45, 7) is 6.01. The standard InChI is InChI=1S/C23H25N3O/c1-3-26(17-19-9-5-4-6-10-19)23(27)21-13-22(16-24-15-21)25-14-20-11-7-8-18(2)12-20/h4-13,15-16,25H,3,14,17H2,1-2H3. The molecule has 1 heterocycles. The van der Waals surface area contributed by atoms with E-state index in [0.29, 0.717) is 25.2 Å². The first-order chi connectivity index (χ1) is 13.2. The highest BCUT2D eigenvalue weighted by atomic mass is 16.2. The molecule has 0 unspecified atom stereocenters. The van der Waals surface area contributed by atoms with E-state index in [1.807, 2.05) is 54.3 Å². The van der Waals surface area contributed by atoms with Gasteiger partial charge in [-0.3, -0.25) is 9.78 Å². The molecule has 0 aliphatic heterocycles. The van der Waals surface area contributed by atoms with Crippen LogP contribution in [0.4, 0.5) is 5.69 Å². The van der Waals surface area contributed by atoms with E-state index in [1.54, 1.807) is 12.4 Å². The Balaban J connectivity index is 1.68. The fourth-order valence-corrected chi connectivity index (χ4v) is 2.99. The van der Waals surface area contributed by atoms with E-state index in [0.717, 1.165) is 11.3 Å². The van der Waals surface area contributed by atoms with Gasteiger partial charge in [0, 0.05) is 32.0 Å². The topological polar surface area (TPSA) is 45.2 Å². The van der Waals surface area contributed by atoms with Crippen molar-refractivity contribution in [3.8, 4) is 0 Å². The number of pyridine rings is 1. The van der Waals surface area contributed by atoms with E-state index >= 15 is 0 Å². The molecule has 1 amide bonds. The molecule has 0 aliphatic rings. The highest BCUT2D eigenvalue weighted by molar-refractivity contribution is 5.94. The van der Waals surface area contributed by atoms with Crippen molar-refractivity contribution in [2.45, 2.75) is 26.9 Å². The lowest BCUT2D eigenvalue weighted by Gasteiger charge is -2.21. The van der Waals surface area contributed by atoms with Crippen molar-refractivity contribution in [3.63, 3.8) is 0 Å². The average Bonchev–Trinajstić information content (AvgIpc) is 2.71. The predicted molar refractivity (Wildman–Crippen MR) is 110 cm³/mol. The van der Waals surface area contributed by atoms with Gasteiger partial charge in [-0.1, -0.05) is 60.2 Å². The minimum atomic E-state index is -0.00643. The molecule has 0 saturated carbocycles. The van der Waals surface area contributed by atoms with Crippen molar-refractivity contribution in [2.75, 3.05) is 11.9 Å². The third kappa shape index (κ3) is 5.17. The average molecular weight is 359 g/mol. The maximum atomic E-state index is 12.9. The molecule has 3 aromatic rings. The zero-order valence-electron chi connectivity index (χ0n) is 15.9. The number of carbonyl (C=O) groups excluding carboxylic acids is 1. The Kier molecular flexibility index (Phi) is 6.21. The normalized spacial score (nSPS) is 10.4. The Morgan fingerprint density at radius 1 is 1.00 bits per heavy atom. The Hall–Kier alpha value is -3.14. The van der Waals surface area contributed by atoms with Gasteiger partial charge in [-0.05, 0) is 31.0 Å². The Morgan fingerprint density at radius 3 is 2.52 bits per heavy atom. The number of aryl methyl sites for hydroxylation is 1. The molecule has 0 bridgehead atoms. The van der Waals surface area contributed by atoms with Crippen LogP contribution in [-0.2, 0) is 13.1 Å². The Bertz CT molecular complexity index is 893. The van der Waals surface area contributed by atoms with Gasteiger partial charge < -0.3 is 10.2 Å². The van der Waals surface area contributed by atoms with Crippen LogP contribution in [0.2, 0.25) is 0 Å². The molecule has 1 aromatic heterocycles. The van der Waals surface area contributed by atoms with E-state index in [9.17, 15) is 4.79 Å². The Morgan fingerprint density at radius 2 is 1.78 bits per heavy atom. The van der Waals surface area contributed by atoms with Gasteiger partial charge in [0.25, 0.3) is 5.91 Å². The van der Waals surface area contributed by atoms with E-state index in [-0.39, 0.29) is 5.91 Å². The molecule has 27 heavy (non-hydrogen) atoms. The molecule has 0 atom stereocenters. The monoisotopic (exact) mass is 359 g/mol. The highest BCUT2D eigenvalue weighted by Gasteiger charge is 2.15. The second-order valence-corrected chi connectivity index (χ2v) is 6.61. The number of hydrogen-bond acceptors (Lipinski definition) is 3. The van der Waals surface area contributed by atoms with Gasteiger partial charge in [0.05, 0.1) is 11.3 Å². The molecule has 4 nitrogen and oxygen atoms in total. The van der Waals surface area contributed by atoms with Crippen molar-refractivity contribution in [3.05, 3.63) is 95.3 Å². The molecular weight excluding hydrogens is 334 g/mol. The summed E-state index contributed by atoms with van der Waals surface area (Å²) in [5.41, 5.74) is 5.00. The maximum absolute atomic E-state index is 12.9. The van der Waals surface area contributed by atoms with Crippen molar-refractivity contribution in [1.82, 2.24) is 9.88 Å². The fraction of sp³-hybridized carbons (Fsp3) is 0.217. The van der Waals surface area contributed by atoms with E-state index in [2.05, 4.69) is 35.4 Å². The number of aromatic nitrogens is 1. The molecule has 4 heteroatoms. The quantitative estimate of drug-likeness (QED) is 0.667. The number of carbonyl (C=O) groups is 1. The van der Waals surface area contributed by atoms with E-state index in [1.165, 1.54) is 11.1 Å². The van der Waals surface area contributed by atoms with Gasteiger partial charge in [0.15, 0.2) is 0 Å². The van der Waals surface area contributed by atoms with Crippen molar-refractivity contribution in [1.29, 1.82) is 0 Å². The summed E-state index contributed by atoms with van der Waals surface area (Å²) in [6.07, 6.45) is 3.38. The minimum Gasteiger partial charge on any atom is -0.380 e. The lowest BCUT2D eigenvalue weighted by atomic mass is 10.1. The number of nitrogens with one attached hydrogen (secondary N) is 1. The first-order valence-corrected chi connectivity index (χ1v) is 9.23. The number of benzene rings is 2. The lowest BCUT2D eigenvalue weighted by molar-refractivity contribution is 0.0752. The molecule has 0 fully saturated rings. The summed E-state index contributed by atoms with van der Waals surface area (Å²) in [7, 11) is 0. The maximum Gasteiger partial charge on any atom is 0.255 e. The second kappa shape index (κ2) is 8.99. The van der Waals surface area contributed by atoms with Gasteiger partial charge in [-0.15, -0.1) is 0 Å². The van der Waals surface area contributed by atoms with Crippen molar-refractivity contribution >= 4 is 11.6 Å². The molecular formula is C23H25N3O. The minimum absolute atomic E-state index is 0.00643. The first kappa shape index (κ1) is 18.6. The van der Waals surface area contributed by atoms with Crippen LogP contribution in [0.25, 0.3) is 0 Å². The largest absolute Gasteiger partial charge is 0.380 e. The van der Waals surface area contributed by atoms with Crippen LogP contribution in [0.1, 0.15) is 34.0 Å². The summed E-state index contributed by atoms with van der Waals surface area (Å²) in [5, 5.41) is 3.36. The number of rotatable bonds is 7. The van der Waals surface area contributed by atoms with Crippen LogP contribution in [-0.4, -0.2) is 22.3 Å². The number of anilines is 1. The van der Waals surface area contributed by atoms with E-state index in [4.69, 9.17) is 0 Å². The molecule has 0 aliphatic carbocycles. The van der Waals surface area contributed by atoms with Crippen molar-refractivity contribution < 1.29 is 4.79 Å². The number of amides is 1. The summed E-state index contributed by atoms with van der Waals surface area (Å²) in [5.74, 6) is -0.00643. The molecule has 1 N–H and O–H groups in total. The smallest absolute Gasteiger partial charge is 0.255 e. The number of hydrogen-bond donors (Lipinski definition) is 1. The molecule has 0 saturated heterocycles. The molecule has 138 valence electrons. The SMILES string of the molecule is CCN(Cc1ccccc1)C(=O)c1cncc(NCc2cccc(C)c2)c1. The molecule has 2 aromatic carbocycles. The number of nitrogens with zero attached hydrogens (tertiary/aromatic N) is 2. The highest BCUT2D eigenvalue weighted by Crippen LogP contribution is 2.15.